The third kappa shape index (κ3) is 3.58. The summed E-state index contributed by atoms with van der Waals surface area (Å²) in [5.41, 5.74) is 1.19. The van der Waals surface area contributed by atoms with Crippen LogP contribution in [0.3, 0.4) is 0 Å². The number of nitrogens with one attached hydrogen (secondary N) is 1. The maximum absolute atomic E-state index is 12.6. The van der Waals surface area contributed by atoms with Crippen molar-refractivity contribution in [3.8, 4) is 0 Å². The number of hydrogen-bond donors (Lipinski definition) is 1. The van der Waals surface area contributed by atoms with Crippen molar-refractivity contribution in [1.29, 1.82) is 0 Å². The lowest BCUT2D eigenvalue weighted by Crippen LogP contribution is -2.18. The maximum Gasteiger partial charge on any atom is 0.416 e. The average Bonchev–Trinajstić information content (AvgIpc) is 2.89. The summed E-state index contributed by atoms with van der Waals surface area (Å²) in [6, 6.07) is 7.53. The minimum absolute atomic E-state index is 0.0368. The van der Waals surface area contributed by atoms with Gasteiger partial charge >= 0.3 is 6.18 Å². The van der Waals surface area contributed by atoms with Gasteiger partial charge in [0.2, 0.25) is 0 Å². The van der Waals surface area contributed by atoms with E-state index in [9.17, 15) is 13.2 Å². The molecule has 0 saturated carbocycles. The van der Waals surface area contributed by atoms with Crippen molar-refractivity contribution < 1.29 is 13.2 Å². The Bertz CT molecular complexity index is 520. The molecule has 0 bridgehead atoms. The van der Waals surface area contributed by atoms with Crippen LogP contribution in [-0.4, -0.2) is 7.05 Å². The molecular weight excluding hydrogens is 271 g/mol. The summed E-state index contributed by atoms with van der Waals surface area (Å²) in [7, 11) is 1.82. The molecule has 1 N–H and O–H groups in total. The number of thiophene rings is 1. The van der Waals surface area contributed by atoms with Crippen LogP contribution in [0.2, 0.25) is 0 Å². The Kier molecular flexibility index (Phi) is 4.27. The average molecular weight is 285 g/mol. The van der Waals surface area contributed by atoms with Crippen molar-refractivity contribution in [2.75, 3.05) is 7.05 Å². The molecule has 1 atom stereocenters. The first-order valence-electron chi connectivity index (χ1n) is 5.86. The van der Waals surface area contributed by atoms with E-state index in [4.69, 9.17) is 0 Å². The largest absolute Gasteiger partial charge is 0.416 e. The number of hydrogen-bond acceptors (Lipinski definition) is 2. The van der Waals surface area contributed by atoms with Crippen LogP contribution >= 0.6 is 11.3 Å². The monoisotopic (exact) mass is 285 g/mol. The molecule has 1 nitrogen and oxygen atoms in total. The Hall–Kier alpha value is -1.33. The van der Waals surface area contributed by atoms with Crippen LogP contribution in [0.25, 0.3) is 0 Å². The number of likely N-dealkylation sites (N-methyl/N-ethyl adjacent to an activating group) is 1. The highest BCUT2D eigenvalue weighted by Crippen LogP contribution is 2.30. The molecule has 5 heteroatoms. The Morgan fingerprint density at radius 2 is 2.05 bits per heavy atom. The van der Waals surface area contributed by atoms with Crippen molar-refractivity contribution in [2.45, 2.75) is 18.6 Å². The first-order valence-corrected chi connectivity index (χ1v) is 6.80. The van der Waals surface area contributed by atoms with Crippen LogP contribution in [0.15, 0.2) is 41.1 Å². The molecular formula is C14H14F3NS. The summed E-state index contributed by atoms with van der Waals surface area (Å²) in [5.74, 6) is 0. The van der Waals surface area contributed by atoms with Crippen molar-refractivity contribution in [1.82, 2.24) is 5.32 Å². The summed E-state index contributed by atoms with van der Waals surface area (Å²) in [5, 5.41) is 7.11. The van der Waals surface area contributed by atoms with Crippen LogP contribution in [0.4, 0.5) is 13.2 Å². The zero-order valence-corrected chi connectivity index (χ0v) is 11.2. The second kappa shape index (κ2) is 5.75. The van der Waals surface area contributed by atoms with E-state index in [0.29, 0.717) is 12.0 Å². The van der Waals surface area contributed by atoms with Crippen molar-refractivity contribution >= 4 is 11.3 Å². The smallest absolute Gasteiger partial charge is 0.313 e. The second-order valence-corrected chi connectivity index (χ2v) is 5.08. The molecule has 1 heterocycles. The van der Waals surface area contributed by atoms with Crippen molar-refractivity contribution in [3.05, 3.63) is 57.8 Å². The van der Waals surface area contributed by atoms with E-state index in [2.05, 4.69) is 5.32 Å². The van der Waals surface area contributed by atoms with Crippen LogP contribution in [0.1, 0.15) is 22.7 Å². The zero-order chi connectivity index (χ0) is 13.9. The van der Waals surface area contributed by atoms with E-state index in [1.807, 2.05) is 23.9 Å². The molecule has 0 saturated heterocycles. The van der Waals surface area contributed by atoms with Gasteiger partial charge in [0.1, 0.15) is 0 Å². The zero-order valence-electron chi connectivity index (χ0n) is 10.4. The second-order valence-electron chi connectivity index (χ2n) is 4.30. The topological polar surface area (TPSA) is 12.0 Å². The lowest BCUT2D eigenvalue weighted by atomic mass is 10.00. The third-order valence-corrected chi connectivity index (χ3v) is 3.69. The Balaban J connectivity index is 2.19. The first kappa shape index (κ1) is 14.1. The normalized spacial score (nSPS) is 13.5. The quantitative estimate of drug-likeness (QED) is 0.884. The summed E-state index contributed by atoms with van der Waals surface area (Å²) < 4.78 is 37.9. The minimum atomic E-state index is -4.28. The number of rotatable bonds is 4. The van der Waals surface area contributed by atoms with Gasteiger partial charge in [-0.3, -0.25) is 0 Å². The number of halogens is 3. The molecule has 1 aromatic heterocycles. The molecule has 0 aliphatic heterocycles. The molecule has 1 unspecified atom stereocenters. The standard InChI is InChI=1S/C14H14F3NS/c1-18-13(11-5-6-19-9-11)8-10-3-2-4-12(7-10)14(15,16)17/h2-7,9,13,18H,8H2,1H3. The molecule has 0 spiro atoms. The highest BCUT2D eigenvalue weighted by atomic mass is 32.1. The molecule has 102 valence electrons. The fraction of sp³-hybridized carbons (Fsp3) is 0.286. The predicted molar refractivity (Wildman–Crippen MR) is 71.3 cm³/mol. The Morgan fingerprint density at radius 1 is 1.26 bits per heavy atom. The van der Waals surface area contributed by atoms with E-state index in [0.717, 1.165) is 11.6 Å². The molecule has 0 aliphatic rings. The summed E-state index contributed by atoms with van der Waals surface area (Å²) in [4.78, 5) is 0. The van der Waals surface area contributed by atoms with Crippen LogP contribution in [0, 0.1) is 0 Å². The van der Waals surface area contributed by atoms with E-state index < -0.39 is 11.7 Å². The van der Waals surface area contributed by atoms with Crippen molar-refractivity contribution in [3.63, 3.8) is 0 Å². The van der Waals surface area contributed by atoms with E-state index >= 15 is 0 Å². The minimum Gasteiger partial charge on any atom is -0.313 e. The number of benzene rings is 1. The summed E-state index contributed by atoms with van der Waals surface area (Å²) >= 11 is 1.58. The molecule has 2 aromatic rings. The molecule has 0 amide bonds. The lowest BCUT2D eigenvalue weighted by molar-refractivity contribution is -0.137. The molecule has 19 heavy (non-hydrogen) atoms. The van der Waals surface area contributed by atoms with E-state index in [1.54, 1.807) is 17.4 Å². The fourth-order valence-corrected chi connectivity index (χ4v) is 2.68. The van der Waals surface area contributed by atoms with Crippen LogP contribution < -0.4 is 5.32 Å². The van der Waals surface area contributed by atoms with Gasteiger partial charge in [-0.2, -0.15) is 24.5 Å². The SMILES string of the molecule is CNC(Cc1cccc(C(F)(F)F)c1)c1ccsc1. The van der Waals surface area contributed by atoms with E-state index in [1.165, 1.54) is 12.1 Å². The van der Waals surface area contributed by atoms with Gasteiger partial charge in [-0.15, -0.1) is 0 Å². The van der Waals surface area contributed by atoms with Gasteiger partial charge in [0.15, 0.2) is 0 Å². The van der Waals surface area contributed by atoms with Crippen molar-refractivity contribution in [2.24, 2.45) is 0 Å². The highest BCUT2D eigenvalue weighted by molar-refractivity contribution is 7.07. The van der Waals surface area contributed by atoms with Crippen LogP contribution in [0.5, 0.6) is 0 Å². The predicted octanol–water partition coefficient (Wildman–Crippen LogP) is 4.27. The molecule has 0 fully saturated rings. The van der Waals surface area contributed by atoms with Gasteiger partial charge in [-0.05, 0) is 47.5 Å². The molecule has 1 aromatic carbocycles. The maximum atomic E-state index is 12.6. The number of alkyl halides is 3. The van der Waals surface area contributed by atoms with Gasteiger partial charge in [0.25, 0.3) is 0 Å². The van der Waals surface area contributed by atoms with E-state index in [-0.39, 0.29) is 6.04 Å². The van der Waals surface area contributed by atoms with Crippen LogP contribution in [-0.2, 0) is 12.6 Å². The van der Waals surface area contributed by atoms with Gasteiger partial charge in [0, 0.05) is 6.04 Å². The lowest BCUT2D eigenvalue weighted by Gasteiger charge is -2.16. The molecule has 0 aliphatic carbocycles. The van der Waals surface area contributed by atoms with Gasteiger partial charge < -0.3 is 5.32 Å². The Labute approximate surface area is 114 Å². The fourth-order valence-electron chi connectivity index (χ4n) is 1.97. The van der Waals surface area contributed by atoms with Gasteiger partial charge in [0.05, 0.1) is 5.56 Å². The third-order valence-electron chi connectivity index (χ3n) is 2.99. The highest BCUT2D eigenvalue weighted by Gasteiger charge is 2.30. The summed E-state index contributed by atoms with van der Waals surface area (Å²) in [6.45, 7) is 0. The van der Waals surface area contributed by atoms with Gasteiger partial charge in [-0.1, -0.05) is 18.2 Å². The Morgan fingerprint density at radius 3 is 2.63 bits per heavy atom. The summed E-state index contributed by atoms with van der Waals surface area (Å²) in [6.07, 6.45) is -3.75. The molecule has 0 radical (unpaired) electrons. The first-order chi connectivity index (χ1) is 9.00. The van der Waals surface area contributed by atoms with Gasteiger partial charge in [-0.25, -0.2) is 0 Å². The molecule has 2 rings (SSSR count).